The third kappa shape index (κ3) is 6.85. The molecule has 0 aliphatic carbocycles. The second kappa shape index (κ2) is 11.1. The van der Waals surface area contributed by atoms with E-state index < -0.39 is 0 Å². The van der Waals surface area contributed by atoms with Crippen LogP contribution in [0.4, 0.5) is 5.69 Å². The van der Waals surface area contributed by atoms with Gasteiger partial charge in [0, 0.05) is 38.3 Å². The molecule has 0 unspecified atom stereocenters. The average Bonchev–Trinajstić information content (AvgIpc) is 3.16. The molecule has 1 fully saturated rings. The van der Waals surface area contributed by atoms with E-state index in [0.29, 0.717) is 31.3 Å². The number of anilines is 1. The number of benzene rings is 1. The number of nitrogens with one attached hydrogen (secondary N) is 2. The van der Waals surface area contributed by atoms with Crippen LogP contribution in [-0.2, 0) is 17.8 Å². The molecular formula is C23H35N5O2. The number of hydrogen-bond acceptors (Lipinski definition) is 6. The summed E-state index contributed by atoms with van der Waals surface area (Å²) in [6.07, 6.45) is 2.44. The minimum absolute atomic E-state index is 0.152. The summed E-state index contributed by atoms with van der Waals surface area (Å²) in [5.74, 6) is 1.78. The quantitative estimate of drug-likeness (QED) is 0.622. The predicted octanol–water partition coefficient (Wildman–Crippen LogP) is 2.15. The number of carbonyl (C=O) groups excluding carboxylic acids is 1. The molecule has 1 aliphatic rings. The summed E-state index contributed by atoms with van der Waals surface area (Å²) >= 11 is 0. The predicted molar refractivity (Wildman–Crippen MR) is 119 cm³/mol. The Hall–Kier alpha value is -2.38. The van der Waals surface area contributed by atoms with Crippen LogP contribution in [0.3, 0.4) is 0 Å². The van der Waals surface area contributed by atoms with Crippen LogP contribution in [0.5, 0.6) is 0 Å². The van der Waals surface area contributed by atoms with E-state index >= 15 is 0 Å². The van der Waals surface area contributed by atoms with Gasteiger partial charge in [0.15, 0.2) is 5.76 Å². The molecule has 30 heavy (non-hydrogen) atoms. The number of likely N-dealkylation sites (N-methyl/N-ethyl adjacent to an activating group) is 1. The van der Waals surface area contributed by atoms with Crippen molar-refractivity contribution in [1.29, 1.82) is 0 Å². The molecule has 3 rings (SSSR count). The number of para-hydroxylation sites is 1. The first-order chi connectivity index (χ1) is 14.5. The molecule has 7 heteroatoms. The first-order valence-corrected chi connectivity index (χ1v) is 10.8. The molecule has 1 aromatic heterocycles. The number of aromatic nitrogens is 1. The molecule has 0 radical (unpaired) electrons. The number of carbonyl (C=O) groups is 1. The Kier molecular flexibility index (Phi) is 8.28. The minimum Gasteiger partial charge on any atom is -0.367 e. The van der Waals surface area contributed by atoms with Crippen LogP contribution >= 0.6 is 0 Å². The number of amides is 1. The van der Waals surface area contributed by atoms with Crippen molar-refractivity contribution in [2.45, 2.75) is 25.8 Å². The normalized spacial score (nSPS) is 19.1. The van der Waals surface area contributed by atoms with Crippen LogP contribution in [0.1, 0.15) is 24.3 Å². The molecule has 0 saturated carbocycles. The lowest BCUT2D eigenvalue weighted by Crippen LogP contribution is -2.41. The zero-order valence-corrected chi connectivity index (χ0v) is 18.4. The number of hydrogen-bond donors (Lipinski definition) is 2. The highest BCUT2D eigenvalue weighted by molar-refractivity contribution is 5.76. The molecule has 1 amide bonds. The zero-order chi connectivity index (χ0) is 21.3. The highest BCUT2D eigenvalue weighted by Crippen LogP contribution is 2.26. The number of piperidine rings is 1. The van der Waals surface area contributed by atoms with E-state index in [1.165, 1.54) is 0 Å². The summed E-state index contributed by atoms with van der Waals surface area (Å²) in [7, 11) is 6.07. The summed E-state index contributed by atoms with van der Waals surface area (Å²) in [6.45, 7) is 4.13. The summed E-state index contributed by atoms with van der Waals surface area (Å²) < 4.78 is 5.59. The third-order valence-corrected chi connectivity index (χ3v) is 5.76. The first-order valence-electron chi connectivity index (χ1n) is 10.8. The zero-order valence-electron chi connectivity index (χ0n) is 18.4. The lowest BCUT2D eigenvalue weighted by molar-refractivity contribution is -0.122. The van der Waals surface area contributed by atoms with Crippen molar-refractivity contribution in [2.75, 3.05) is 52.2 Å². The molecule has 7 nitrogen and oxygen atoms in total. The molecular weight excluding hydrogens is 378 g/mol. The highest BCUT2D eigenvalue weighted by Gasteiger charge is 2.28. The Balaban J connectivity index is 1.52. The van der Waals surface area contributed by atoms with Gasteiger partial charge in [-0.15, -0.1) is 0 Å². The van der Waals surface area contributed by atoms with E-state index in [4.69, 9.17) is 4.52 Å². The molecule has 2 heterocycles. The molecule has 2 N–H and O–H groups in total. The van der Waals surface area contributed by atoms with Crippen molar-refractivity contribution < 1.29 is 9.32 Å². The van der Waals surface area contributed by atoms with Gasteiger partial charge in [0.25, 0.3) is 0 Å². The Morgan fingerprint density at radius 1 is 1.23 bits per heavy atom. The maximum Gasteiger partial charge on any atom is 0.220 e. The van der Waals surface area contributed by atoms with Crippen molar-refractivity contribution in [2.24, 2.45) is 11.8 Å². The lowest BCUT2D eigenvalue weighted by atomic mass is 9.81. The van der Waals surface area contributed by atoms with Gasteiger partial charge in [0.05, 0.1) is 12.2 Å². The number of nitrogens with zero attached hydrogens (tertiary/aromatic N) is 3. The molecule has 164 valence electrons. The summed E-state index contributed by atoms with van der Waals surface area (Å²) in [6, 6.07) is 12.3. The molecule has 2 aromatic rings. The summed E-state index contributed by atoms with van der Waals surface area (Å²) in [4.78, 5) is 16.6. The second-order valence-electron chi connectivity index (χ2n) is 8.55. The second-order valence-corrected chi connectivity index (χ2v) is 8.55. The molecule has 1 aromatic carbocycles. The highest BCUT2D eigenvalue weighted by atomic mass is 16.5. The molecule has 0 bridgehead atoms. The largest absolute Gasteiger partial charge is 0.367 e. The van der Waals surface area contributed by atoms with E-state index in [-0.39, 0.29) is 5.91 Å². The fraction of sp³-hybridized carbons (Fsp3) is 0.565. The van der Waals surface area contributed by atoms with Gasteiger partial charge in [-0.05, 0) is 64.0 Å². The SMILES string of the molecule is CN(C)CCNC(=O)C[C@@H]1CCNC[C@@H]1Cc1cc(CN(C)c2ccccc2)on1. The van der Waals surface area contributed by atoms with E-state index in [9.17, 15) is 4.79 Å². The van der Waals surface area contributed by atoms with Crippen LogP contribution < -0.4 is 15.5 Å². The van der Waals surface area contributed by atoms with Crippen LogP contribution in [0, 0.1) is 11.8 Å². The van der Waals surface area contributed by atoms with Crippen molar-refractivity contribution in [3.05, 3.63) is 47.9 Å². The fourth-order valence-corrected chi connectivity index (χ4v) is 4.02. The summed E-state index contributed by atoms with van der Waals surface area (Å²) in [5.41, 5.74) is 2.12. The Morgan fingerprint density at radius 2 is 2.03 bits per heavy atom. The van der Waals surface area contributed by atoms with Crippen LogP contribution in [0.2, 0.25) is 0 Å². The van der Waals surface area contributed by atoms with Gasteiger partial charge in [0.1, 0.15) is 0 Å². The average molecular weight is 414 g/mol. The fourth-order valence-electron chi connectivity index (χ4n) is 4.02. The molecule has 0 spiro atoms. The third-order valence-electron chi connectivity index (χ3n) is 5.76. The van der Waals surface area contributed by atoms with E-state index in [1.807, 2.05) is 39.3 Å². The lowest BCUT2D eigenvalue weighted by Gasteiger charge is -2.31. The maximum atomic E-state index is 12.4. The van der Waals surface area contributed by atoms with Gasteiger partial charge >= 0.3 is 0 Å². The van der Waals surface area contributed by atoms with Gasteiger partial charge in [-0.25, -0.2) is 0 Å². The van der Waals surface area contributed by atoms with E-state index in [0.717, 1.165) is 49.6 Å². The van der Waals surface area contributed by atoms with Gasteiger partial charge in [0.2, 0.25) is 5.91 Å². The van der Waals surface area contributed by atoms with Crippen molar-refractivity contribution in [3.63, 3.8) is 0 Å². The van der Waals surface area contributed by atoms with Gasteiger partial charge in [-0.3, -0.25) is 4.79 Å². The Labute approximate surface area is 179 Å². The van der Waals surface area contributed by atoms with E-state index in [2.05, 4.69) is 43.8 Å². The minimum atomic E-state index is 0.152. The standard InChI is InChI=1S/C23H35N5O2/c1-27(2)12-11-25-23(29)14-18-9-10-24-16-19(18)13-20-15-22(30-26-20)17-28(3)21-7-5-4-6-8-21/h4-8,15,18-19,24H,9-14,16-17H2,1-3H3,(H,25,29)/t18-,19-/m0/s1. The van der Waals surface area contributed by atoms with E-state index in [1.54, 1.807) is 0 Å². The van der Waals surface area contributed by atoms with Crippen LogP contribution in [0.25, 0.3) is 0 Å². The Bertz CT molecular complexity index is 777. The Morgan fingerprint density at radius 3 is 2.80 bits per heavy atom. The summed E-state index contributed by atoms with van der Waals surface area (Å²) in [5, 5.41) is 10.8. The van der Waals surface area contributed by atoms with Gasteiger partial charge in [-0.1, -0.05) is 23.4 Å². The maximum absolute atomic E-state index is 12.4. The van der Waals surface area contributed by atoms with Crippen molar-refractivity contribution in [1.82, 2.24) is 20.7 Å². The van der Waals surface area contributed by atoms with Gasteiger partial charge in [-0.2, -0.15) is 0 Å². The van der Waals surface area contributed by atoms with Crippen molar-refractivity contribution in [3.8, 4) is 0 Å². The number of rotatable bonds is 10. The van der Waals surface area contributed by atoms with Crippen LogP contribution in [0.15, 0.2) is 40.9 Å². The monoisotopic (exact) mass is 413 g/mol. The topological polar surface area (TPSA) is 73.6 Å². The molecule has 1 aliphatic heterocycles. The molecule has 1 saturated heterocycles. The van der Waals surface area contributed by atoms with Gasteiger partial charge < -0.3 is 25.0 Å². The smallest absolute Gasteiger partial charge is 0.220 e. The van der Waals surface area contributed by atoms with Crippen molar-refractivity contribution >= 4 is 11.6 Å². The molecule has 2 atom stereocenters. The van der Waals surface area contributed by atoms with Crippen LogP contribution in [-0.4, -0.2) is 63.3 Å². The first kappa shape index (κ1) is 22.3.